The van der Waals surface area contributed by atoms with Crippen LogP contribution in [0.25, 0.3) is 5.76 Å². The van der Waals surface area contributed by atoms with Gasteiger partial charge < -0.3 is 14.4 Å². The summed E-state index contributed by atoms with van der Waals surface area (Å²) in [6.45, 7) is 5.51. The van der Waals surface area contributed by atoms with Crippen molar-refractivity contribution in [1.82, 2.24) is 5.16 Å². The number of aryl methyl sites for hydroxylation is 1. The molecule has 1 unspecified atom stereocenters. The molecule has 4 rings (SSSR count). The number of Topliss-reactive ketones (excluding diaryl/α,β-unsaturated/α-hetero) is 1. The minimum atomic E-state index is -1.08. The number of carbonyl (C=O) groups is 2. The molecule has 1 N–H and O–H groups in total. The third-order valence-electron chi connectivity index (χ3n) is 5.22. The molecule has 0 radical (unpaired) electrons. The van der Waals surface area contributed by atoms with E-state index in [-0.39, 0.29) is 22.6 Å². The number of nitrogens with zero attached hydrogens (tertiary/aromatic N) is 3. The molecular formula is C24H19N3O7. The first-order chi connectivity index (χ1) is 16.3. The molecule has 10 nitrogen and oxygen atoms in total. The molecule has 1 aromatic heterocycles. The van der Waals surface area contributed by atoms with Crippen LogP contribution < -0.4 is 9.64 Å². The number of aliphatic hydroxyl groups is 1. The smallest absolute Gasteiger partial charge is 0.301 e. The molecule has 34 heavy (non-hydrogen) atoms. The molecule has 1 saturated heterocycles. The fourth-order valence-electron chi connectivity index (χ4n) is 3.65. The van der Waals surface area contributed by atoms with Crippen molar-refractivity contribution in [3.8, 4) is 5.75 Å². The zero-order chi connectivity index (χ0) is 24.4. The van der Waals surface area contributed by atoms with Crippen LogP contribution in [0.2, 0.25) is 0 Å². The molecule has 1 amide bonds. The Morgan fingerprint density at radius 3 is 2.47 bits per heavy atom. The Morgan fingerprint density at radius 1 is 1.24 bits per heavy atom. The van der Waals surface area contributed by atoms with Crippen molar-refractivity contribution in [1.29, 1.82) is 0 Å². The molecule has 1 fully saturated rings. The Morgan fingerprint density at radius 2 is 1.91 bits per heavy atom. The number of amides is 1. The summed E-state index contributed by atoms with van der Waals surface area (Å²) < 4.78 is 10.5. The van der Waals surface area contributed by atoms with Crippen LogP contribution in [0.15, 0.2) is 77.3 Å². The molecule has 172 valence electrons. The summed E-state index contributed by atoms with van der Waals surface area (Å²) in [5, 5.41) is 26.0. The molecule has 1 aliphatic rings. The van der Waals surface area contributed by atoms with Gasteiger partial charge in [-0.05, 0) is 48.9 Å². The number of carbonyl (C=O) groups excluding carboxylic acids is 2. The number of ketones is 1. The molecule has 1 atom stereocenters. The van der Waals surface area contributed by atoms with E-state index in [1.807, 2.05) is 0 Å². The zero-order valence-electron chi connectivity index (χ0n) is 18.0. The van der Waals surface area contributed by atoms with E-state index >= 15 is 0 Å². The topological polar surface area (TPSA) is 136 Å². The summed E-state index contributed by atoms with van der Waals surface area (Å²) >= 11 is 0. The van der Waals surface area contributed by atoms with Crippen LogP contribution in [0.1, 0.15) is 22.9 Å². The lowest BCUT2D eigenvalue weighted by Gasteiger charge is -2.22. The number of hydrogen-bond acceptors (Lipinski definition) is 8. The lowest BCUT2D eigenvalue weighted by molar-refractivity contribution is -0.384. The molecule has 2 aromatic carbocycles. The molecule has 2 heterocycles. The average Bonchev–Trinajstić information content (AvgIpc) is 3.38. The Balaban J connectivity index is 1.84. The van der Waals surface area contributed by atoms with E-state index in [0.29, 0.717) is 23.7 Å². The van der Waals surface area contributed by atoms with Crippen LogP contribution in [0.5, 0.6) is 5.75 Å². The van der Waals surface area contributed by atoms with E-state index in [1.54, 1.807) is 37.3 Å². The number of benzene rings is 2. The van der Waals surface area contributed by atoms with Crippen molar-refractivity contribution in [3.63, 3.8) is 0 Å². The molecule has 10 heteroatoms. The van der Waals surface area contributed by atoms with Crippen molar-refractivity contribution < 1.29 is 28.9 Å². The van der Waals surface area contributed by atoms with Gasteiger partial charge in [-0.3, -0.25) is 24.6 Å². The minimum absolute atomic E-state index is 0.0789. The average molecular weight is 461 g/mol. The van der Waals surface area contributed by atoms with Gasteiger partial charge in [0.1, 0.15) is 23.9 Å². The van der Waals surface area contributed by atoms with Crippen molar-refractivity contribution in [3.05, 3.63) is 99.8 Å². The number of anilines is 1. The minimum Gasteiger partial charge on any atom is -0.507 e. The van der Waals surface area contributed by atoms with E-state index in [1.165, 1.54) is 30.3 Å². The summed E-state index contributed by atoms with van der Waals surface area (Å²) in [5.41, 5.74) is 0.317. The zero-order valence-corrected chi connectivity index (χ0v) is 18.0. The van der Waals surface area contributed by atoms with Gasteiger partial charge in [0.2, 0.25) is 0 Å². The quantitative estimate of drug-likeness (QED) is 0.139. The summed E-state index contributed by atoms with van der Waals surface area (Å²) in [4.78, 5) is 37.7. The molecule has 0 aliphatic carbocycles. The number of nitro benzene ring substituents is 1. The van der Waals surface area contributed by atoms with Gasteiger partial charge >= 0.3 is 5.91 Å². The van der Waals surface area contributed by atoms with Gasteiger partial charge in [0.05, 0.1) is 16.5 Å². The number of nitro groups is 1. The van der Waals surface area contributed by atoms with E-state index in [0.717, 1.165) is 4.90 Å². The molecule has 0 bridgehead atoms. The summed E-state index contributed by atoms with van der Waals surface area (Å²) in [6.07, 6.45) is 1.59. The Kier molecular flexibility index (Phi) is 5.96. The molecule has 1 aliphatic heterocycles. The maximum Gasteiger partial charge on any atom is 0.301 e. The highest BCUT2D eigenvalue weighted by Gasteiger charge is 2.48. The van der Waals surface area contributed by atoms with Crippen LogP contribution in [0, 0.1) is 17.0 Å². The predicted octanol–water partition coefficient (Wildman–Crippen LogP) is 4.08. The third-order valence-corrected chi connectivity index (χ3v) is 5.22. The van der Waals surface area contributed by atoms with Gasteiger partial charge in [0.25, 0.3) is 11.5 Å². The van der Waals surface area contributed by atoms with E-state index in [4.69, 9.17) is 9.26 Å². The second-order valence-corrected chi connectivity index (χ2v) is 7.44. The Bertz CT molecular complexity index is 1310. The van der Waals surface area contributed by atoms with Gasteiger partial charge in [-0.15, -0.1) is 0 Å². The maximum absolute atomic E-state index is 13.1. The monoisotopic (exact) mass is 461 g/mol. The van der Waals surface area contributed by atoms with Gasteiger partial charge in [0.15, 0.2) is 5.82 Å². The predicted molar refractivity (Wildman–Crippen MR) is 121 cm³/mol. The van der Waals surface area contributed by atoms with Crippen LogP contribution in [-0.4, -0.2) is 33.5 Å². The number of non-ortho nitro benzene ring substituents is 1. The standard InChI is InChI=1S/C24H19N3O7/c1-3-12-33-18-10-6-16(7-11-18)22(28)20-21(15-4-8-17(9-5-15)27(31)32)26(24(30)23(20)29)19-13-14(2)34-25-19/h3-11,13,21,28H,1,12H2,2H3. The van der Waals surface area contributed by atoms with Gasteiger partial charge in [-0.25, -0.2) is 0 Å². The third kappa shape index (κ3) is 4.04. The van der Waals surface area contributed by atoms with Crippen molar-refractivity contribution >= 4 is 29.0 Å². The first-order valence-electron chi connectivity index (χ1n) is 10.1. The van der Waals surface area contributed by atoms with E-state index in [2.05, 4.69) is 11.7 Å². The number of hydrogen-bond donors (Lipinski definition) is 1. The molecule has 3 aromatic rings. The maximum atomic E-state index is 13.1. The lowest BCUT2D eigenvalue weighted by atomic mass is 9.95. The molecule has 0 spiro atoms. The first-order valence-corrected chi connectivity index (χ1v) is 10.1. The van der Waals surface area contributed by atoms with Crippen LogP contribution in [0.3, 0.4) is 0 Å². The van der Waals surface area contributed by atoms with Crippen molar-refractivity contribution in [2.75, 3.05) is 11.5 Å². The second kappa shape index (κ2) is 9.02. The van der Waals surface area contributed by atoms with Crippen LogP contribution in [0.4, 0.5) is 11.5 Å². The van der Waals surface area contributed by atoms with Crippen molar-refractivity contribution in [2.24, 2.45) is 0 Å². The van der Waals surface area contributed by atoms with E-state index < -0.39 is 28.4 Å². The van der Waals surface area contributed by atoms with E-state index in [9.17, 15) is 24.8 Å². The fraction of sp³-hybridized carbons (Fsp3) is 0.125. The Hall–Kier alpha value is -4.73. The highest BCUT2D eigenvalue weighted by Crippen LogP contribution is 2.42. The molecule has 0 saturated carbocycles. The highest BCUT2D eigenvalue weighted by molar-refractivity contribution is 6.51. The summed E-state index contributed by atoms with van der Waals surface area (Å²) in [7, 11) is 0. The first kappa shape index (κ1) is 22.5. The highest BCUT2D eigenvalue weighted by atomic mass is 16.6. The lowest BCUT2D eigenvalue weighted by Crippen LogP contribution is -2.29. The Labute approximate surface area is 193 Å². The number of aliphatic hydroxyl groups excluding tert-OH is 1. The van der Waals surface area contributed by atoms with Gasteiger partial charge in [-0.1, -0.05) is 17.8 Å². The second-order valence-electron chi connectivity index (χ2n) is 7.44. The molecular weight excluding hydrogens is 442 g/mol. The van der Waals surface area contributed by atoms with Crippen LogP contribution in [-0.2, 0) is 9.59 Å². The number of rotatable bonds is 7. The normalized spacial score (nSPS) is 17.1. The van der Waals surface area contributed by atoms with Gasteiger partial charge in [0, 0.05) is 23.8 Å². The fourth-order valence-corrected chi connectivity index (χ4v) is 3.65. The van der Waals surface area contributed by atoms with Crippen LogP contribution >= 0.6 is 0 Å². The largest absolute Gasteiger partial charge is 0.507 e. The SMILES string of the molecule is C=CCOc1ccc(C(O)=C2C(=O)C(=O)N(c3cc(C)on3)C2c2ccc([N+](=O)[O-])cc2)cc1. The number of aromatic nitrogens is 1. The van der Waals surface area contributed by atoms with Crippen molar-refractivity contribution in [2.45, 2.75) is 13.0 Å². The summed E-state index contributed by atoms with van der Waals surface area (Å²) in [6, 6.07) is 12.1. The summed E-state index contributed by atoms with van der Waals surface area (Å²) in [5.74, 6) is -1.22. The number of ether oxygens (including phenoxy) is 1. The van der Waals surface area contributed by atoms with Gasteiger partial charge in [-0.2, -0.15) is 0 Å².